The number of benzene rings is 2. The van der Waals surface area contributed by atoms with Crippen LogP contribution >= 0.6 is 15.9 Å². The van der Waals surface area contributed by atoms with E-state index in [1.54, 1.807) is 0 Å². The van der Waals surface area contributed by atoms with E-state index in [-0.39, 0.29) is 0 Å². The lowest BCUT2D eigenvalue weighted by molar-refractivity contribution is 0.122. The van der Waals surface area contributed by atoms with Gasteiger partial charge in [0.2, 0.25) is 11.9 Å². The normalized spacial score (nSPS) is 16.1. The molecule has 2 aliphatic rings. The van der Waals surface area contributed by atoms with Gasteiger partial charge in [-0.3, -0.25) is 0 Å². The molecular weight excluding hydrogens is 508 g/mol. The van der Waals surface area contributed by atoms with Crippen molar-refractivity contribution in [3.63, 3.8) is 0 Å². The number of anilines is 2. The highest BCUT2D eigenvalue weighted by molar-refractivity contribution is 9.10. The van der Waals surface area contributed by atoms with Gasteiger partial charge in [-0.05, 0) is 35.9 Å². The molecule has 0 N–H and O–H groups in total. The number of nitrogens with zero attached hydrogens (tertiary/aromatic N) is 6. The summed E-state index contributed by atoms with van der Waals surface area (Å²) >= 11 is 3.45. The molecule has 2 aromatic heterocycles. The fraction of sp³-hybridized carbons (Fsp3) is 0.308. The van der Waals surface area contributed by atoms with E-state index in [4.69, 9.17) is 9.47 Å². The molecule has 2 saturated heterocycles. The van der Waals surface area contributed by atoms with Gasteiger partial charge < -0.3 is 19.3 Å². The highest BCUT2D eigenvalue weighted by Gasteiger charge is 2.15. The Morgan fingerprint density at radius 3 is 1.80 bits per heavy atom. The fourth-order valence-electron chi connectivity index (χ4n) is 3.99. The standard InChI is InChI=1S/C14H15N3O.C12H12BrN3O/c1-2-11-3-4-13-12(9-11)10-15-14(16-13)17-5-7-18-8-6-17;13-10-1-2-11-9(7-10)8-14-12(15-11)16-3-5-17-6-4-16/h2-4,9-10H,1,5-8H2;1-2,7-8H,3-6H2. The van der Waals surface area contributed by atoms with Crippen molar-refractivity contribution in [3.8, 4) is 0 Å². The van der Waals surface area contributed by atoms with Gasteiger partial charge in [0.15, 0.2) is 0 Å². The van der Waals surface area contributed by atoms with Crippen molar-refractivity contribution in [2.45, 2.75) is 0 Å². The molecule has 2 fully saturated rings. The van der Waals surface area contributed by atoms with E-state index in [1.165, 1.54) is 0 Å². The van der Waals surface area contributed by atoms with Gasteiger partial charge in [-0.1, -0.05) is 34.7 Å². The van der Waals surface area contributed by atoms with Crippen LogP contribution in [0.15, 0.2) is 59.8 Å². The number of morpholine rings is 2. The third-order valence-electron chi connectivity index (χ3n) is 5.94. The van der Waals surface area contributed by atoms with E-state index < -0.39 is 0 Å². The second-order valence-corrected chi connectivity index (χ2v) is 9.18. The molecule has 4 heterocycles. The monoisotopic (exact) mass is 534 g/mol. The topological polar surface area (TPSA) is 76.5 Å². The summed E-state index contributed by atoms with van der Waals surface area (Å²) in [4.78, 5) is 22.3. The van der Waals surface area contributed by atoms with Gasteiger partial charge >= 0.3 is 0 Å². The van der Waals surface area contributed by atoms with Crippen LogP contribution in [0.1, 0.15) is 5.56 Å². The quantitative estimate of drug-likeness (QED) is 0.384. The molecule has 4 aromatic rings. The van der Waals surface area contributed by atoms with Crippen LogP contribution < -0.4 is 9.80 Å². The van der Waals surface area contributed by atoms with Crippen LogP contribution in [0.25, 0.3) is 27.9 Å². The van der Waals surface area contributed by atoms with Gasteiger partial charge in [0, 0.05) is 53.8 Å². The number of hydrogen-bond donors (Lipinski definition) is 0. The highest BCUT2D eigenvalue weighted by Crippen LogP contribution is 2.20. The Balaban J connectivity index is 0.000000145. The number of halogens is 1. The Labute approximate surface area is 212 Å². The van der Waals surface area contributed by atoms with Gasteiger partial charge in [0.25, 0.3) is 0 Å². The summed E-state index contributed by atoms with van der Waals surface area (Å²) in [5.41, 5.74) is 3.03. The van der Waals surface area contributed by atoms with Crippen LogP contribution in [0.4, 0.5) is 11.9 Å². The number of rotatable bonds is 3. The van der Waals surface area contributed by atoms with Gasteiger partial charge in [0.05, 0.1) is 37.5 Å². The maximum absolute atomic E-state index is 5.33. The summed E-state index contributed by atoms with van der Waals surface area (Å²) in [6, 6.07) is 12.1. The second-order valence-electron chi connectivity index (χ2n) is 8.26. The van der Waals surface area contributed by atoms with Crippen molar-refractivity contribution >= 4 is 55.7 Å². The lowest BCUT2D eigenvalue weighted by Gasteiger charge is -2.26. The third kappa shape index (κ3) is 5.75. The Bertz CT molecular complexity index is 1320. The van der Waals surface area contributed by atoms with Crippen molar-refractivity contribution in [2.75, 3.05) is 62.4 Å². The van der Waals surface area contributed by atoms with Crippen LogP contribution in [0.5, 0.6) is 0 Å². The van der Waals surface area contributed by atoms with Crippen LogP contribution in [-0.2, 0) is 9.47 Å². The minimum absolute atomic E-state index is 0.747. The van der Waals surface area contributed by atoms with E-state index >= 15 is 0 Å². The molecule has 0 atom stereocenters. The number of ether oxygens (including phenoxy) is 2. The Morgan fingerprint density at radius 1 is 0.743 bits per heavy atom. The average Bonchev–Trinajstić information content (AvgIpc) is 2.93. The highest BCUT2D eigenvalue weighted by atomic mass is 79.9. The van der Waals surface area contributed by atoms with Gasteiger partial charge in [-0.15, -0.1) is 0 Å². The first-order valence-corrected chi connectivity index (χ1v) is 12.5. The molecule has 180 valence electrons. The second kappa shape index (κ2) is 11.1. The maximum Gasteiger partial charge on any atom is 0.226 e. The first-order valence-electron chi connectivity index (χ1n) is 11.7. The van der Waals surface area contributed by atoms with Crippen molar-refractivity contribution in [1.29, 1.82) is 0 Å². The summed E-state index contributed by atoms with van der Waals surface area (Å²) in [6.45, 7) is 10.2. The summed E-state index contributed by atoms with van der Waals surface area (Å²) in [5, 5.41) is 2.10. The molecule has 0 radical (unpaired) electrons. The minimum Gasteiger partial charge on any atom is -0.378 e. The van der Waals surface area contributed by atoms with E-state index in [2.05, 4.69) is 52.2 Å². The molecule has 0 saturated carbocycles. The zero-order chi connectivity index (χ0) is 24.0. The summed E-state index contributed by atoms with van der Waals surface area (Å²) in [5.74, 6) is 1.58. The van der Waals surface area contributed by atoms with Crippen molar-refractivity contribution in [2.24, 2.45) is 0 Å². The van der Waals surface area contributed by atoms with Crippen LogP contribution in [0.2, 0.25) is 0 Å². The molecule has 0 aliphatic carbocycles. The molecule has 35 heavy (non-hydrogen) atoms. The fourth-order valence-corrected chi connectivity index (χ4v) is 4.37. The molecule has 9 heteroatoms. The van der Waals surface area contributed by atoms with Gasteiger partial charge in [-0.2, -0.15) is 0 Å². The van der Waals surface area contributed by atoms with Crippen LogP contribution in [0, 0.1) is 0 Å². The first-order chi connectivity index (χ1) is 17.2. The molecule has 0 amide bonds. The van der Waals surface area contributed by atoms with Crippen LogP contribution in [-0.4, -0.2) is 72.5 Å². The Morgan fingerprint density at radius 2 is 1.26 bits per heavy atom. The van der Waals surface area contributed by atoms with E-state index in [1.807, 2.05) is 54.9 Å². The zero-order valence-electron chi connectivity index (χ0n) is 19.4. The molecule has 0 spiro atoms. The van der Waals surface area contributed by atoms with Crippen LogP contribution in [0.3, 0.4) is 0 Å². The molecule has 2 aliphatic heterocycles. The SMILES string of the molecule is Brc1ccc2nc(N3CCOCC3)ncc2c1.C=Cc1ccc2nc(N3CCOCC3)ncc2c1. The van der Waals surface area contributed by atoms with E-state index in [9.17, 15) is 0 Å². The predicted octanol–water partition coefficient (Wildman–Crippen LogP) is 4.34. The predicted molar refractivity (Wildman–Crippen MR) is 143 cm³/mol. The maximum atomic E-state index is 5.33. The van der Waals surface area contributed by atoms with Crippen molar-refractivity contribution in [3.05, 3.63) is 65.4 Å². The minimum atomic E-state index is 0.747. The zero-order valence-corrected chi connectivity index (χ0v) is 21.0. The molecule has 0 unspecified atom stereocenters. The Hall–Kier alpha value is -3.14. The lowest BCUT2D eigenvalue weighted by atomic mass is 10.1. The Kier molecular flexibility index (Phi) is 7.46. The molecule has 2 aromatic carbocycles. The molecule has 0 bridgehead atoms. The van der Waals surface area contributed by atoms with Crippen molar-refractivity contribution < 1.29 is 9.47 Å². The summed E-state index contributed by atoms with van der Waals surface area (Å²) in [6.07, 6.45) is 5.58. The molecule has 6 rings (SSSR count). The van der Waals surface area contributed by atoms with Gasteiger partial charge in [0.1, 0.15) is 0 Å². The average molecular weight is 535 g/mol. The lowest BCUT2D eigenvalue weighted by Crippen LogP contribution is -2.37. The number of hydrogen-bond acceptors (Lipinski definition) is 8. The number of fused-ring (bicyclic) bond motifs is 2. The molecule has 8 nitrogen and oxygen atoms in total. The largest absolute Gasteiger partial charge is 0.378 e. The summed E-state index contributed by atoms with van der Waals surface area (Å²) < 4.78 is 11.7. The third-order valence-corrected chi connectivity index (χ3v) is 6.44. The smallest absolute Gasteiger partial charge is 0.226 e. The van der Waals surface area contributed by atoms with E-state index in [0.29, 0.717) is 0 Å². The van der Waals surface area contributed by atoms with E-state index in [0.717, 1.165) is 96.3 Å². The molecular formula is C26H27BrN6O2. The first kappa shape index (κ1) is 23.6. The summed E-state index contributed by atoms with van der Waals surface area (Å²) in [7, 11) is 0. The van der Waals surface area contributed by atoms with Gasteiger partial charge in [-0.25, -0.2) is 19.9 Å². The van der Waals surface area contributed by atoms with Crippen molar-refractivity contribution in [1.82, 2.24) is 19.9 Å². The number of aromatic nitrogens is 4.